The molecule has 1 unspecified atom stereocenters. The first kappa shape index (κ1) is 9.80. The molecule has 0 heterocycles. The van der Waals surface area contributed by atoms with Gasteiger partial charge in [0.15, 0.2) is 0 Å². The molecule has 0 aromatic rings. The van der Waals surface area contributed by atoms with Crippen molar-refractivity contribution in [3.63, 3.8) is 0 Å². The van der Waals surface area contributed by atoms with E-state index in [2.05, 4.69) is 5.43 Å². The van der Waals surface area contributed by atoms with Gasteiger partial charge in [0, 0.05) is 6.54 Å². The minimum atomic E-state index is -0.600. The molecule has 0 fully saturated rings. The molecule has 0 aromatic carbocycles. The van der Waals surface area contributed by atoms with Crippen molar-refractivity contribution in [1.82, 2.24) is 5.43 Å². The first-order valence-electron chi connectivity index (χ1n) is 3.11. The Balaban J connectivity index is 2.97. The Morgan fingerprint density at radius 3 is 2.80 bits per heavy atom. The maximum atomic E-state index is 8.93. The van der Waals surface area contributed by atoms with Crippen LogP contribution in [0.3, 0.4) is 0 Å². The molecule has 5 N–H and O–H groups in total. The molecule has 0 aromatic heterocycles. The van der Waals surface area contributed by atoms with Crippen LogP contribution in [0.25, 0.3) is 0 Å². The first-order chi connectivity index (χ1) is 4.81. The van der Waals surface area contributed by atoms with Gasteiger partial charge in [-0.1, -0.05) is 0 Å². The third-order valence-corrected chi connectivity index (χ3v) is 0.899. The van der Waals surface area contributed by atoms with Crippen molar-refractivity contribution in [2.24, 2.45) is 5.84 Å². The van der Waals surface area contributed by atoms with Crippen molar-refractivity contribution >= 4 is 0 Å². The van der Waals surface area contributed by atoms with Crippen LogP contribution in [0.2, 0.25) is 0 Å². The van der Waals surface area contributed by atoms with Crippen molar-refractivity contribution in [3.8, 4) is 0 Å². The zero-order valence-electron chi connectivity index (χ0n) is 5.79. The van der Waals surface area contributed by atoms with E-state index in [1.165, 1.54) is 0 Å². The average Bonchev–Trinajstić information content (AvgIpc) is 1.89. The molecule has 5 nitrogen and oxygen atoms in total. The number of hydrogen-bond donors (Lipinski definition) is 4. The summed E-state index contributed by atoms with van der Waals surface area (Å²) in [5.74, 6) is 4.92. The molecule has 0 aliphatic rings. The van der Waals surface area contributed by atoms with E-state index in [1.807, 2.05) is 0 Å². The summed E-state index contributed by atoms with van der Waals surface area (Å²) in [5.41, 5.74) is 2.30. The number of hydrazine groups is 1. The summed E-state index contributed by atoms with van der Waals surface area (Å²) >= 11 is 0. The van der Waals surface area contributed by atoms with Gasteiger partial charge in [-0.05, 0) is 0 Å². The van der Waals surface area contributed by atoms with Crippen molar-refractivity contribution in [2.45, 2.75) is 6.10 Å². The molecule has 5 heteroatoms. The minimum Gasteiger partial charge on any atom is -0.394 e. The Hall–Kier alpha value is -0.200. The fraction of sp³-hybridized carbons (Fsp3) is 1.00. The number of aliphatic hydroxyl groups is 2. The van der Waals surface area contributed by atoms with Crippen LogP contribution < -0.4 is 11.3 Å². The molecule has 1 atom stereocenters. The monoisotopic (exact) mass is 150 g/mol. The van der Waals surface area contributed by atoms with E-state index >= 15 is 0 Å². The quantitative estimate of drug-likeness (QED) is 0.196. The highest BCUT2D eigenvalue weighted by Gasteiger charge is 2.00. The highest BCUT2D eigenvalue weighted by atomic mass is 16.5. The lowest BCUT2D eigenvalue weighted by molar-refractivity contribution is 0.0219. The maximum Gasteiger partial charge on any atom is 0.0911 e. The Bertz CT molecular complexity index is 71.9. The Morgan fingerprint density at radius 1 is 1.60 bits per heavy atom. The summed E-state index contributed by atoms with van der Waals surface area (Å²) in [6, 6.07) is 0. The average molecular weight is 150 g/mol. The van der Waals surface area contributed by atoms with Crippen LogP contribution in [0.1, 0.15) is 0 Å². The van der Waals surface area contributed by atoms with Crippen LogP contribution in [0, 0.1) is 0 Å². The highest BCUT2D eigenvalue weighted by molar-refractivity contribution is 4.53. The van der Waals surface area contributed by atoms with Gasteiger partial charge in [-0.15, -0.1) is 0 Å². The summed E-state index contributed by atoms with van der Waals surface area (Å²) in [6.07, 6.45) is -0.600. The summed E-state index contributed by atoms with van der Waals surface area (Å²) in [5, 5.41) is 17.2. The zero-order valence-corrected chi connectivity index (χ0v) is 5.79. The van der Waals surface area contributed by atoms with E-state index in [-0.39, 0.29) is 19.8 Å². The van der Waals surface area contributed by atoms with E-state index in [0.717, 1.165) is 0 Å². The third kappa shape index (κ3) is 5.93. The molecule has 0 rings (SSSR count). The van der Waals surface area contributed by atoms with E-state index in [9.17, 15) is 0 Å². The summed E-state index contributed by atoms with van der Waals surface area (Å²) in [6.45, 7) is 0.723. The number of nitrogens with two attached hydrogens (primary N) is 1. The van der Waals surface area contributed by atoms with Crippen molar-refractivity contribution in [2.75, 3.05) is 26.4 Å². The second kappa shape index (κ2) is 6.91. The van der Waals surface area contributed by atoms with Crippen LogP contribution in [-0.2, 0) is 4.74 Å². The summed E-state index contributed by atoms with van der Waals surface area (Å²) < 4.78 is 4.80. The predicted octanol–water partition coefficient (Wildman–Crippen LogP) is -2.18. The smallest absolute Gasteiger partial charge is 0.0911 e. The van der Waals surface area contributed by atoms with Gasteiger partial charge in [0.1, 0.15) is 0 Å². The van der Waals surface area contributed by atoms with Crippen molar-refractivity contribution < 1.29 is 14.9 Å². The molecular weight excluding hydrogens is 136 g/mol. The van der Waals surface area contributed by atoms with Crippen LogP contribution in [0.5, 0.6) is 0 Å². The second-order valence-electron chi connectivity index (χ2n) is 1.86. The van der Waals surface area contributed by atoms with Gasteiger partial charge < -0.3 is 14.9 Å². The van der Waals surface area contributed by atoms with Crippen molar-refractivity contribution in [3.05, 3.63) is 0 Å². The third-order valence-electron chi connectivity index (χ3n) is 0.899. The van der Waals surface area contributed by atoms with Gasteiger partial charge in [0.05, 0.1) is 25.9 Å². The lowest BCUT2D eigenvalue weighted by Crippen LogP contribution is -2.34. The lowest BCUT2D eigenvalue weighted by Gasteiger charge is -2.08. The Morgan fingerprint density at radius 2 is 2.30 bits per heavy atom. The van der Waals surface area contributed by atoms with Gasteiger partial charge in [0.2, 0.25) is 0 Å². The van der Waals surface area contributed by atoms with Crippen LogP contribution in [0.4, 0.5) is 0 Å². The van der Waals surface area contributed by atoms with Crippen LogP contribution in [0.15, 0.2) is 0 Å². The molecule has 10 heavy (non-hydrogen) atoms. The molecule has 62 valence electrons. The van der Waals surface area contributed by atoms with E-state index in [1.54, 1.807) is 0 Å². The van der Waals surface area contributed by atoms with E-state index in [0.29, 0.717) is 6.54 Å². The lowest BCUT2D eigenvalue weighted by atomic mass is 10.4. The van der Waals surface area contributed by atoms with Gasteiger partial charge in [-0.25, -0.2) is 0 Å². The number of ether oxygens (including phenoxy) is 1. The normalized spacial score (nSPS) is 13.5. The molecule has 0 radical (unpaired) electrons. The van der Waals surface area contributed by atoms with Gasteiger partial charge in [-0.3, -0.25) is 11.3 Å². The molecule has 0 spiro atoms. The number of hydrogen-bond acceptors (Lipinski definition) is 5. The Labute approximate surface area is 59.8 Å². The van der Waals surface area contributed by atoms with Gasteiger partial charge in [-0.2, -0.15) is 0 Å². The summed E-state index contributed by atoms with van der Waals surface area (Å²) in [7, 11) is 0. The molecule has 0 bridgehead atoms. The topological polar surface area (TPSA) is 87.7 Å². The van der Waals surface area contributed by atoms with E-state index in [4.69, 9.17) is 20.8 Å². The molecule has 0 aliphatic carbocycles. The van der Waals surface area contributed by atoms with Crippen molar-refractivity contribution in [1.29, 1.82) is 0 Å². The van der Waals surface area contributed by atoms with E-state index < -0.39 is 6.10 Å². The predicted molar refractivity (Wildman–Crippen MR) is 36.1 cm³/mol. The molecule has 0 saturated heterocycles. The highest BCUT2D eigenvalue weighted by Crippen LogP contribution is 1.81. The Kier molecular flexibility index (Phi) is 6.78. The van der Waals surface area contributed by atoms with Crippen LogP contribution in [-0.4, -0.2) is 42.7 Å². The molecule has 0 amide bonds. The zero-order chi connectivity index (χ0) is 7.82. The number of rotatable bonds is 6. The summed E-state index contributed by atoms with van der Waals surface area (Å²) in [4.78, 5) is 0. The second-order valence-corrected chi connectivity index (χ2v) is 1.86. The standard InChI is InChI=1S/C5H14N2O3/c6-7-3-5(9)4-10-2-1-8/h5,7-9H,1-4,6H2. The van der Waals surface area contributed by atoms with Gasteiger partial charge in [0.25, 0.3) is 0 Å². The fourth-order valence-electron chi connectivity index (χ4n) is 0.479. The number of aliphatic hydroxyl groups excluding tert-OH is 2. The molecule has 0 aliphatic heterocycles. The SMILES string of the molecule is NNCC(O)COCCO. The first-order valence-corrected chi connectivity index (χ1v) is 3.11. The largest absolute Gasteiger partial charge is 0.394 e. The minimum absolute atomic E-state index is 0.0250. The van der Waals surface area contributed by atoms with Crippen LogP contribution >= 0.6 is 0 Å². The number of nitrogens with one attached hydrogen (secondary N) is 1. The molecular formula is C5H14N2O3. The maximum absolute atomic E-state index is 8.93. The molecule has 0 saturated carbocycles. The fourth-order valence-corrected chi connectivity index (χ4v) is 0.479. The van der Waals surface area contributed by atoms with Gasteiger partial charge >= 0.3 is 0 Å².